The number of para-hydroxylation sites is 1. The summed E-state index contributed by atoms with van der Waals surface area (Å²) >= 11 is 1.51. The molecule has 2 aliphatic rings. The summed E-state index contributed by atoms with van der Waals surface area (Å²) in [6, 6.07) is 6.73. The minimum atomic E-state index is 0.0181. The van der Waals surface area contributed by atoms with E-state index in [1.54, 1.807) is 0 Å². The maximum Gasteiger partial charge on any atom is 0.234 e. The molecule has 26 heavy (non-hydrogen) atoms. The van der Waals surface area contributed by atoms with E-state index in [4.69, 9.17) is 0 Å². The van der Waals surface area contributed by atoms with Crippen molar-refractivity contribution < 1.29 is 4.79 Å². The Labute approximate surface area is 159 Å². The van der Waals surface area contributed by atoms with Gasteiger partial charge in [0.05, 0.1) is 5.75 Å². The first-order valence-corrected chi connectivity index (χ1v) is 10.5. The number of nitrogens with one attached hydrogen (secondary N) is 1. The van der Waals surface area contributed by atoms with Crippen molar-refractivity contribution in [3.05, 3.63) is 35.2 Å². The Morgan fingerprint density at radius 1 is 1.27 bits per heavy atom. The molecule has 0 spiro atoms. The van der Waals surface area contributed by atoms with Crippen LogP contribution in [0.5, 0.6) is 0 Å². The zero-order chi connectivity index (χ0) is 18.3. The van der Waals surface area contributed by atoms with Crippen LogP contribution in [-0.2, 0) is 4.79 Å². The maximum atomic E-state index is 12.6. The Balaban J connectivity index is 1.44. The van der Waals surface area contributed by atoms with Gasteiger partial charge in [0.2, 0.25) is 5.91 Å². The Hall–Kier alpha value is -1.82. The van der Waals surface area contributed by atoms with Gasteiger partial charge < -0.3 is 9.88 Å². The summed E-state index contributed by atoms with van der Waals surface area (Å²) in [5, 5.41) is 12.8. The molecule has 1 aromatic carbocycles. The summed E-state index contributed by atoms with van der Waals surface area (Å²) < 4.78 is 2.29. The number of rotatable bonds is 7. The minimum absolute atomic E-state index is 0.0181. The molecule has 5 nitrogen and oxygen atoms in total. The predicted molar refractivity (Wildman–Crippen MR) is 105 cm³/mol. The van der Waals surface area contributed by atoms with Gasteiger partial charge in [0.25, 0.3) is 0 Å². The van der Waals surface area contributed by atoms with Crippen LogP contribution in [0.15, 0.2) is 23.4 Å². The number of hydrogen-bond donors (Lipinski definition) is 1. The summed E-state index contributed by atoms with van der Waals surface area (Å²) in [5.74, 6) is 2.48. The Bertz CT molecular complexity index is 821. The molecule has 1 N–H and O–H groups in total. The molecule has 1 aromatic heterocycles. The van der Waals surface area contributed by atoms with E-state index in [0.29, 0.717) is 23.6 Å². The average Bonchev–Trinajstić information content (AvgIpc) is 3.53. The van der Waals surface area contributed by atoms with Crippen LogP contribution in [0.4, 0.5) is 5.69 Å². The summed E-state index contributed by atoms with van der Waals surface area (Å²) in [6.45, 7) is 6.34. The molecule has 0 saturated heterocycles. The zero-order valence-corrected chi connectivity index (χ0v) is 16.5. The van der Waals surface area contributed by atoms with E-state index in [-0.39, 0.29) is 5.91 Å². The van der Waals surface area contributed by atoms with Gasteiger partial charge in [-0.1, -0.05) is 43.8 Å². The van der Waals surface area contributed by atoms with Crippen LogP contribution >= 0.6 is 11.8 Å². The van der Waals surface area contributed by atoms with Crippen molar-refractivity contribution in [2.24, 2.45) is 0 Å². The SMILES string of the molecule is Cc1cccc(C(C)C)c1NC(=O)CSc1nnc(C2CC2)n1C1CC1. The molecule has 0 bridgehead atoms. The van der Waals surface area contributed by atoms with E-state index in [1.807, 2.05) is 19.1 Å². The number of aryl methyl sites for hydroxylation is 1. The van der Waals surface area contributed by atoms with Crippen molar-refractivity contribution in [3.63, 3.8) is 0 Å². The summed E-state index contributed by atoms with van der Waals surface area (Å²) in [7, 11) is 0. The van der Waals surface area contributed by atoms with Crippen LogP contribution in [0, 0.1) is 6.92 Å². The van der Waals surface area contributed by atoms with Gasteiger partial charge in [-0.25, -0.2) is 0 Å². The van der Waals surface area contributed by atoms with Gasteiger partial charge in [-0.2, -0.15) is 0 Å². The van der Waals surface area contributed by atoms with Crippen LogP contribution in [0.25, 0.3) is 0 Å². The standard InChI is InChI=1S/C20H26N4OS/c1-12(2)16-6-4-5-13(3)18(16)21-17(25)11-26-20-23-22-19(14-7-8-14)24(20)15-9-10-15/h4-6,12,14-15H,7-11H2,1-3H3,(H,21,25). The van der Waals surface area contributed by atoms with Crippen LogP contribution in [0.1, 0.15) is 74.4 Å². The highest BCUT2D eigenvalue weighted by atomic mass is 32.2. The smallest absolute Gasteiger partial charge is 0.234 e. The fourth-order valence-electron chi connectivity index (χ4n) is 3.33. The highest BCUT2D eigenvalue weighted by molar-refractivity contribution is 7.99. The average molecular weight is 371 g/mol. The fourth-order valence-corrected chi connectivity index (χ4v) is 4.14. The molecule has 2 fully saturated rings. The number of carbonyl (C=O) groups excluding carboxylic acids is 1. The first-order valence-electron chi connectivity index (χ1n) is 9.51. The van der Waals surface area contributed by atoms with Gasteiger partial charge >= 0.3 is 0 Å². The van der Waals surface area contributed by atoms with Gasteiger partial charge in [-0.15, -0.1) is 10.2 Å². The lowest BCUT2D eigenvalue weighted by atomic mass is 9.98. The molecule has 0 radical (unpaired) electrons. The second-order valence-corrected chi connectivity index (χ2v) is 8.69. The molecule has 4 rings (SSSR count). The maximum absolute atomic E-state index is 12.6. The summed E-state index contributed by atoms with van der Waals surface area (Å²) in [6.07, 6.45) is 4.86. The van der Waals surface area contributed by atoms with Crippen molar-refractivity contribution in [3.8, 4) is 0 Å². The third-order valence-electron chi connectivity index (χ3n) is 5.07. The minimum Gasteiger partial charge on any atom is -0.325 e. The molecular weight excluding hydrogens is 344 g/mol. The molecule has 2 saturated carbocycles. The second-order valence-electron chi connectivity index (χ2n) is 7.75. The highest BCUT2D eigenvalue weighted by Gasteiger charge is 2.36. The van der Waals surface area contributed by atoms with Crippen LogP contribution < -0.4 is 5.32 Å². The molecule has 0 atom stereocenters. The van der Waals surface area contributed by atoms with E-state index in [2.05, 4.69) is 40.0 Å². The monoisotopic (exact) mass is 370 g/mol. The zero-order valence-electron chi connectivity index (χ0n) is 15.7. The van der Waals surface area contributed by atoms with E-state index >= 15 is 0 Å². The van der Waals surface area contributed by atoms with E-state index in [0.717, 1.165) is 22.2 Å². The summed E-state index contributed by atoms with van der Waals surface area (Å²) in [5.41, 5.74) is 3.24. The number of amides is 1. The molecule has 2 aromatic rings. The largest absolute Gasteiger partial charge is 0.325 e. The first-order chi connectivity index (χ1) is 12.5. The Morgan fingerprint density at radius 2 is 2.04 bits per heavy atom. The number of carbonyl (C=O) groups is 1. The Morgan fingerprint density at radius 3 is 2.69 bits per heavy atom. The quantitative estimate of drug-likeness (QED) is 0.721. The van der Waals surface area contributed by atoms with E-state index < -0.39 is 0 Å². The van der Waals surface area contributed by atoms with Crippen molar-refractivity contribution in [1.29, 1.82) is 0 Å². The molecule has 1 heterocycles. The van der Waals surface area contributed by atoms with Gasteiger partial charge in [0.1, 0.15) is 5.82 Å². The number of nitrogens with zero attached hydrogens (tertiary/aromatic N) is 3. The third-order valence-corrected chi connectivity index (χ3v) is 6.01. The highest BCUT2D eigenvalue weighted by Crippen LogP contribution is 2.46. The molecule has 2 aliphatic carbocycles. The van der Waals surface area contributed by atoms with Gasteiger partial charge in [0.15, 0.2) is 5.16 Å². The third kappa shape index (κ3) is 3.65. The van der Waals surface area contributed by atoms with Crippen molar-refractivity contribution in [1.82, 2.24) is 14.8 Å². The predicted octanol–water partition coefficient (Wildman–Crippen LogP) is 4.65. The lowest BCUT2D eigenvalue weighted by molar-refractivity contribution is -0.113. The van der Waals surface area contributed by atoms with Gasteiger partial charge in [-0.3, -0.25) is 4.79 Å². The first kappa shape index (κ1) is 17.6. The van der Waals surface area contributed by atoms with Gasteiger partial charge in [0, 0.05) is 17.6 Å². The van der Waals surface area contributed by atoms with Crippen molar-refractivity contribution in [2.45, 2.75) is 69.5 Å². The molecule has 6 heteroatoms. The molecule has 138 valence electrons. The molecular formula is C20H26N4OS. The topological polar surface area (TPSA) is 59.8 Å². The summed E-state index contributed by atoms with van der Waals surface area (Å²) in [4.78, 5) is 12.6. The number of benzene rings is 1. The second kappa shape index (κ2) is 7.06. The van der Waals surface area contributed by atoms with Crippen molar-refractivity contribution >= 4 is 23.4 Å². The van der Waals surface area contributed by atoms with Crippen LogP contribution in [-0.4, -0.2) is 26.4 Å². The van der Waals surface area contributed by atoms with Crippen LogP contribution in [0.2, 0.25) is 0 Å². The number of hydrogen-bond acceptors (Lipinski definition) is 4. The normalized spacial score (nSPS) is 16.9. The number of thioether (sulfide) groups is 1. The lowest BCUT2D eigenvalue weighted by Crippen LogP contribution is -2.17. The lowest BCUT2D eigenvalue weighted by Gasteiger charge is -2.16. The molecule has 1 amide bonds. The van der Waals surface area contributed by atoms with Crippen molar-refractivity contribution in [2.75, 3.05) is 11.1 Å². The fraction of sp³-hybridized carbons (Fsp3) is 0.550. The molecule has 0 unspecified atom stereocenters. The number of aromatic nitrogens is 3. The molecule has 0 aliphatic heterocycles. The van der Waals surface area contributed by atoms with Gasteiger partial charge in [-0.05, 0) is 49.7 Å². The Kier molecular flexibility index (Phi) is 4.78. The van der Waals surface area contributed by atoms with Crippen LogP contribution in [0.3, 0.4) is 0 Å². The van der Waals surface area contributed by atoms with E-state index in [9.17, 15) is 4.79 Å². The number of anilines is 1. The van der Waals surface area contributed by atoms with E-state index in [1.165, 1.54) is 43.0 Å².